The zero-order chi connectivity index (χ0) is 27.9. The number of aromatic nitrogens is 1. The molecule has 0 atom stereocenters. The van der Waals surface area contributed by atoms with Gasteiger partial charge < -0.3 is 19.3 Å². The molecule has 2 aromatic carbocycles. The van der Waals surface area contributed by atoms with Crippen LogP contribution in [0.25, 0.3) is 17.3 Å². The number of thiazole rings is 1. The first kappa shape index (κ1) is 28.9. The Morgan fingerprint density at radius 2 is 1.95 bits per heavy atom. The maximum atomic E-state index is 12.9. The number of nitrogens with one attached hydrogen (secondary N) is 1. The van der Waals surface area contributed by atoms with Crippen LogP contribution in [-0.2, 0) is 20.7 Å². The van der Waals surface area contributed by atoms with Crippen molar-refractivity contribution in [3.63, 3.8) is 0 Å². The second-order valence-electron chi connectivity index (χ2n) is 8.98. The molecule has 0 unspecified atom stereocenters. The first-order chi connectivity index (χ1) is 18.8. The molecule has 39 heavy (non-hydrogen) atoms. The average Bonchev–Trinajstić information content (AvgIpc) is 3.63. The molecule has 1 saturated carbocycles. The lowest BCUT2D eigenvalue weighted by Crippen LogP contribution is -2.12. The van der Waals surface area contributed by atoms with Gasteiger partial charge in [0.25, 0.3) is 5.91 Å². The molecule has 1 amide bonds. The highest BCUT2D eigenvalue weighted by atomic mass is 35.5. The summed E-state index contributed by atoms with van der Waals surface area (Å²) in [5, 5.41) is 14.4. The fourth-order valence-electron chi connectivity index (χ4n) is 3.94. The number of hydrogen-bond acceptors (Lipinski definition) is 7. The average molecular weight is 592 g/mol. The molecular formula is C28H28Cl2N2O6S. The monoisotopic (exact) mass is 590 g/mol. The van der Waals surface area contributed by atoms with Crippen molar-refractivity contribution in [1.82, 2.24) is 4.98 Å². The molecule has 0 radical (unpaired) electrons. The van der Waals surface area contributed by atoms with Crippen LogP contribution in [0.15, 0.2) is 41.5 Å². The summed E-state index contributed by atoms with van der Waals surface area (Å²) in [6, 6.07) is 8.74. The maximum absolute atomic E-state index is 12.9. The summed E-state index contributed by atoms with van der Waals surface area (Å²) >= 11 is 13.9. The highest BCUT2D eigenvalue weighted by Crippen LogP contribution is 2.36. The molecule has 0 aliphatic heterocycles. The largest absolute Gasteiger partial charge is 0.496 e. The number of carboxylic acid groups (broad SMARTS) is 1. The number of anilines is 1. The molecule has 1 aromatic heterocycles. The molecule has 2 N–H and O–H groups in total. The van der Waals surface area contributed by atoms with Crippen LogP contribution in [-0.4, -0.2) is 49.4 Å². The summed E-state index contributed by atoms with van der Waals surface area (Å²) < 4.78 is 16.3. The Balaban J connectivity index is 1.45. The third kappa shape index (κ3) is 7.51. The zero-order valence-corrected chi connectivity index (χ0v) is 23.8. The van der Waals surface area contributed by atoms with Crippen LogP contribution >= 0.6 is 34.5 Å². The van der Waals surface area contributed by atoms with E-state index in [1.165, 1.54) is 49.5 Å². The number of para-hydroxylation sites is 1. The van der Waals surface area contributed by atoms with Crippen molar-refractivity contribution < 1.29 is 28.9 Å². The normalized spacial score (nSPS) is 13.3. The summed E-state index contributed by atoms with van der Waals surface area (Å²) in [4.78, 5) is 28.7. The standard InChI is InChI=1S/C28H28Cl2N2O6S/c1-36-24(27(34)35)13-20-21(29)11-18(12-22(20)30)26(33)32-28-31-23(15-39-28)19-7-3-5-17(25(19)37-2)6-4-10-38-14-16-8-9-16/h3,5,7,11-13,15-16H,4,6,8-10,14H2,1-2H3,(H,34,35)(H,31,32,33)/b24-13-. The molecule has 0 saturated heterocycles. The van der Waals surface area contributed by atoms with Gasteiger partial charge in [0.1, 0.15) is 5.75 Å². The zero-order valence-electron chi connectivity index (χ0n) is 21.5. The summed E-state index contributed by atoms with van der Waals surface area (Å²) in [5.74, 6) is -0.575. The Bertz CT molecular complexity index is 1360. The molecule has 1 fully saturated rings. The highest BCUT2D eigenvalue weighted by Gasteiger charge is 2.21. The quantitative estimate of drug-likeness (QED) is 0.128. The van der Waals surface area contributed by atoms with Crippen LogP contribution < -0.4 is 10.1 Å². The fraction of sp³-hybridized carbons (Fsp3) is 0.321. The lowest BCUT2D eigenvalue weighted by Gasteiger charge is -2.12. The number of rotatable bonds is 13. The number of hydrogen-bond donors (Lipinski definition) is 2. The number of carbonyl (C=O) groups excluding carboxylic acids is 1. The van der Waals surface area contributed by atoms with Crippen molar-refractivity contribution in [2.45, 2.75) is 25.7 Å². The van der Waals surface area contributed by atoms with E-state index in [1.807, 2.05) is 23.6 Å². The molecule has 8 nitrogen and oxygen atoms in total. The molecule has 1 aliphatic rings. The Morgan fingerprint density at radius 1 is 1.21 bits per heavy atom. The Hall–Kier alpha value is -3.11. The molecule has 4 rings (SSSR count). The summed E-state index contributed by atoms with van der Waals surface area (Å²) in [5.41, 5.74) is 3.00. The lowest BCUT2D eigenvalue weighted by atomic mass is 10.0. The van der Waals surface area contributed by atoms with E-state index in [0.717, 1.165) is 48.8 Å². The van der Waals surface area contributed by atoms with E-state index in [2.05, 4.69) is 10.3 Å². The number of nitrogens with zero attached hydrogens (tertiary/aromatic N) is 1. The third-order valence-corrected chi connectivity index (χ3v) is 7.52. The minimum atomic E-state index is -1.27. The molecule has 0 bridgehead atoms. The van der Waals surface area contributed by atoms with Crippen molar-refractivity contribution in [3.05, 3.63) is 68.2 Å². The predicted molar refractivity (Wildman–Crippen MR) is 153 cm³/mol. The number of carboxylic acids is 1. The van der Waals surface area contributed by atoms with Crippen LogP contribution in [0.4, 0.5) is 5.13 Å². The minimum absolute atomic E-state index is 0.0998. The molecule has 1 aliphatic carbocycles. The van der Waals surface area contributed by atoms with Crippen LogP contribution in [0.2, 0.25) is 10.0 Å². The van der Waals surface area contributed by atoms with E-state index in [4.69, 9.17) is 42.5 Å². The van der Waals surface area contributed by atoms with Gasteiger partial charge in [-0.25, -0.2) is 9.78 Å². The second kappa shape index (κ2) is 13.3. The molecule has 3 aromatic rings. The van der Waals surface area contributed by atoms with Gasteiger partial charge in [-0.1, -0.05) is 35.3 Å². The Kier molecular flexibility index (Phi) is 9.85. The van der Waals surface area contributed by atoms with Gasteiger partial charge >= 0.3 is 5.97 Å². The van der Waals surface area contributed by atoms with Gasteiger partial charge in [-0.2, -0.15) is 0 Å². The molecule has 1 heterocycles. The van der Waals surface area contributed by atoms with Crippen molar-refractivity contribution >= 4 is 57.6 Å². The van der Waals surface area contributed by atoms with E-state index in [0.29, 0.717) is 10.8 Å². The van der Waals surface area contributed by atoms with Crippen LogP contribution in [0, 0.1) is 5.92 Å². The lowest BCUT2D eigenvalue weighted by molar-refractivity contribution is -0.135. The molecular weight excluding hydrogens is 563 g/mol. The van der Waals surface area contributed by atoms with Gasteiger partial charge in [-0.15, -0.1) is 11.3 Å². The number of amides is 1. The first-order valence-electron chi connectivity index (χ1n) is 12.3. The number of methoxy groups -OCH3 is 2. The summed E-state index contributed by atoms with van der Waals surface area (Å²) in [6.07, 6.45) is 5.47. The van der Waals surface area contributed by atoms with Gasteiger partial charge in [0.05, 0.1) is 30.0 Å². The van der Waals surface area contributed by atoms with E-state index in [1.54, 1.807) is 7.11 Å². The second-order valence-corrected chi connectivity index (χ2v) is 10.7. The van der Waals surface area contributed by atoms with E-state index in [-0.39, 0.29) is 26.9 Å². The highest BCUT2D eigenvalue weighted by molar-refractivity contribution is 7.14. The number of carbonyl (C=O) groups is 2. The van der Waals surface area contributed by atoms with Crippen LogP contribution in [0.5, 0.6) is 5.75 Å². The summed E-state index contributed by atoms with van der Waals surface area (Å²) in [6.45, 7) is 1.57. The number of aryl methyl sites for hydroxylation is 1. The number of benzene rings is 2. The van der Waals surface area contributed by atoms with Gasteiger partial charge in [-0.05, 0) is 61.4 Å². The third-order valence-electron chi connectivity index (χ3n) is 6.13. The van der Waals surface area contributed by atoms with Crippen molar-refractivity contribution in [1.29, 1.82) is 0 Å². The number of halogens is 2. The number of ether oxygens (including phenoxy) is 3. The van der Waals surface area contributed by atoms with Gasteiger partial charge in [0.2, 0.25) is 5.76 Å². The Morgan fingerprint density at radius 3 is 2.59 bits per heavy atom. The van der Waals surface area contributed by atoms with E-state index < -0.39 is 11.9 Å². The smallest absolute Gasteiger partial charge is 0.371 e. The van der Waals surface area contributed by atoms with Crippen LogP contribution in [0.3, 0.4) is 0 Å². The van der Waals surface area contributed by atoms with Gasteiger partial charge in [0.15, 0.2) is 5.13 Å². The van der Waals surface area contributed by atoms with Crippen molar-refractivity contribution in [3.8, 4) is 17.0 Å². The van der Waals surface area contributed by atoms with Crippen LogP contribution in [0.1, 0.15) is 40.7 Å². The SMILES string of the molecule is CO/C(=C\c1c(Cl)cc(C(=O)Nc2nc(-c3cccc(CCCOCC4CC4)c3OC)cs2)cc1Cl)C(=O)O. The molecule has 0 spiro atoms. The number of aliphatic carboxylic acids is 1. The summed E-state index contributed by atoms with van der Waals surface area (Å²) in [7, 11) is 2.86. The van der Waals surface area contributed by atoms with Gasteiger partial charge in [-0.3, -0.25) is 10.1 Å². The van der Waals surface area contributed by atoms with Gasteiger partial charge in [0, 0.05) is 35.3 Å². The van der Waals surface area contributed by atoms with E-state index >= 15 is 0 Å². The molecule has 11 heteroatoms. The fourth-order valence-corrected chi connectivity index (χ4v) is 5.24. The van der Waals surface area contributed by atoms with E-state index in [9.17, 15) is 9.59 Å². The van der Waals surface area contributed by atoms with Crippen molar-refractivity contribution in [2.75, 3.05) is 32.8 Å². The maximum Gasteiger partial charge on any atom is 0.371 e. The Labute approximate surface area is 240 Å². The minimum Gasteiger partial charge on any atom is -0.496 e. The molecule has 206 valence electrons. The van der Waals surface area contributed by atoms with Crippen molar-refractivity contribution in [2.24, 2.45) is 5.92 Å². The first-order valence-corrected chi connectivity index (χ1v) is 13.9. The predicted octanol–water partition coefficient (Wildman–Crippen LogP) is 6.81. The topological polar surface area (TPSA) is 107 Å².